The van der Waals surface area contributed by atoms with E-state index in [2.05, 4.69) is 10.6 Å². The van der Waals surface area contributed by atoms with Crippen molar-refractivity contribution in [2.24, 2.45) is 0 Å². The molecule has 0 saturated carbocycles. The molecule has 0 saturated heterocycles. The van der Waals surface area contributed by atoms with Crippen molar-refractivity contribution in [2.75, 3.05) is 0 Å². The van der Waals surface area contributed by atoms with Gasteiger partial charge in [-0.25, -0.2) is 4.79 Å². The predicted molar refractivity (Wildman–Crippen MR) is 152 cm³/mol. The van der Waals surface area contributed by atoms with Gasteiger partial charge >= 0.3 is 6.09 Å². The van der Waals surface area contributed by atoms with Crippen molar-refractivity contribution in [3.63, 3.8) is 0 Å². The fourth-order valence-corrected chi connectivity index (χ4v) is 4.40. The number of nitrogens with zero attached hydrogens (tertiary/aromatic N) is 1. The van der Waals surface area contributed by atoms with Crippen LogP contribution in [0.3, 0.4) is 0 Å². The molecular weight excluding hydrogens is 478 g/mol. The number of rotatable bonds is 8. The zero-order valence-electron chi connectivity index (χ0n) is 24.6. The van der Waals surface area contributed by atoms with E-state index in [-0.39, 0.29) is 24.3 Å². The first-order chi connectivity index (χ1) is 17.5. The minimum atomic E-state index is -0.939. The van der Waals surface area contributed by atoms with Crippen LogP contribution in [0.1, 0.15) is 83.7 Å². The number of hydrogen-bond donors (Lipinski definition) is 2. The highest BCUT2D eigenvalue weighted by atomic mass is 16.6. The Bertz CT molecular complexity index is 1090. The van der Waals surface area contributed by atoms with E-state index in [0.717, 1.165) is 22.3 Å². The molecule has 2 aromatic carbocycles. The third-order valence-electron chi connectivity index (χ3n) is 5.67. The van der Waals surface area contributed by atoms with E-state index in [0.29, 0.717) is 0 Å². The number of benzene rings is 2. The number of carbonyl (C=O) groups is 3. The van der Waals surface area contributed by atoms with Crippen molar-refractivity contribution in [3.05, 3.63) is 70.8 Å². The van der Waals surface area contributed by atoms with Gasteiger partial charge in [-0.15, -0.1) is 0 Å². The second-order valence-corrected chi connectivity index (χ2v) is 12.3. The maximum absolute atomic E-state index is 14.3. The summed E-state index contributed by atoms with van der Waals surface area (Å²) in [4.78, 5) is 42.5. The molecule has 0 aliphatic heterocycles. The SMILES string of the molecule is Cc1cc(C)cc(C(C(=O)NC(C)(C)C)N(C(=O)C(Cc2ccccc2)NC(=O)OC(C)(C)C)C(C)C)c1. The van der Waals surface area contributed by atoms with Gasteiger partial charge in [0.1, 0.15) is 17.7 Å². The zero-order valence-corrected chi connectivity index (χ0v) is 24.6. The first-order valence-corrected chi connectivity index (χ1v) is 13.2. The average molecular weight is 524 g/mol. The van der Waals surface area contributed by atoms with Crippen LogP contribution in [0.4, 0.5) is 4.79 Å². The van der Waals surface area contributed by atoms with Crippen LogP contribution in [0.15, 0.2) is 48.5 Å². The van der Waals surface area contributed by atoms with Crippen molar-refractivity contribution < 1.29 is 19.1 Å². The number of nitrogens with one attached hydrogen (secondary N) is 2. The normalized spacial score (nSPS) is 13.4. The number of amides is 3. The minimum Gasteiger partial charge on any atom is -0.444 e. The molecule has 0 fully saturated rings. The van der Waals surface area contributed by atoms with Crippen LogP contribution in [0, 0.1) is 13.8 Å². The van der Waals surface area contributed by atoms with Crippen LogP contribution < -0.4 is 10.6 Å². The zero-order chi connectivity index (χ0) is 28.8. The maximum Gasteiger partial charge on any atom is 0.408 e. The highest BCUT2D eigenvalue weighted by Crippen LogP contribution is 2.28. The molecule has 208 valence electrons. The van der Waals surface area contributed by atoms with Gasteiger partial charge in [0, 0.05) is 18.0 Å². The Kier molecular flexibility index (Phi) is 10.1. The van der Waals surface area contributed by atoms with Crippen LogP contribution in [0.5, 0.6) is 0 Å². The van der Waals surface area contributed by atoms with Gasteiger partial charge in [0.05, 0.1) is 0 Å². The average Bonchev–Trinajstić information content (AvgIpc) is 2.73. The van der Waals surface area contributed by atoms with Gasteiger partial charge in [0.15, 0.2) is 0 Å². The predicted octanol–water partition coefficient (Wildman–Crippen LogP) is 5.63. The summed E-state index contributed by atoms with van der Waals surface area (Å²) in [6.45, 7) is 18.7. The molecular formula is C31H45N3O4. The number of alkyl carbamates (subject to hydrolysis) is 1. The number of hydrogen-bond acceptors (Lipinski definition) is 4. The van der Waals surface area contributed by atoms with E-state index < -0.39 is 29.3 Å². The van der Waals surface area contributed by atoms with Crippen LogP contribution >= 0.6 is 0 Å². The summed E-state index contributed by atoms with van der Waals surface area (Å²) in [7, 11) is 0. The lowest BCUT2D eigenvalue weighted by Gasteiger charge is -2.38. The lowest BCUT2D eigenvalue weighted by Crippen LogP contribution is -2.57. The Balaban J connectivity index is 2.60. The Morgan fingerprint density at radius 2 is 1.45 bits per heavy atom. The van der Waals surface area contributed by atoms with Gasteiger partial charge in [-0.05, 0) is 80.4 Å². The molecule has 0 radical (unpaired) electrons. The molecule has 7 heteroatoms. The molecule has 2 N–H and O–H groups in total. The van der Waals surface area contributed by atoms with E-state index in [1.807, 2.05) is 97.0 Å². The molecule has 0 heterocycles. The van der Waals surface area contributed by atoms with Crippen molar-refractivity contribution in [1.29, 1.82) is 0 Å². The lowest BCUT2D eigenvalue weighted by atomic mass is 9.95. The monoisotopic (exact) mass is 523 g/mol. The van der Waals surface area contributed by atoms with Gasteiger partial charge in [0.25, 0.3) is 0 Å². The summed E-state index contributed by atoms with van der Waals surface area (Å²) in [5, 5.41) is 5.85. The van der Waals surface area contributed by atoms with Gasteiger partial charge in [0.2, 0.25) is 11.8 Å². The molecule has 0 spiro atoms. The molecule has 0 aliphatic rings. The van der Waals surface area contributed by atoms with Crippen molar-refractivity contribution in [3.8, 4) is 0 Å². The molecule has 0 aromatic heterocycles. The van der Waals surface area contributed by atoms with Crippen LogP contribution in [-0.4, -0.2) is 46.0 Å². The molecule has 0 aliphatic carbocycles. The first-order valence-electron chi connectivity index (χ1n) is 13.2. The standard InChI is InChI=1S/C31H45N3O4/c1-20(2)34(26(27(35)33-30(5,6)7)24-17-21(3)16-22(4)18-24)28(36)25(19-23-14-12-11-13-15-23)32-29(37)38-31(8,9)10/h11-18,20,25-26H,19H2,1-10H3,(H,32,37)(H,33,35). The molecule has 7 nitrogen and oxygen atoms in total. The summed E-state index contributed by atoms with van der Waals surface area (Å²) in [6.07, 6.45) is -0.430. The van der Waals surface area contributed by atoms with Crippen LogP contribution in [0.25, 0.3) is 0 Å². The second-order valence-electron chi connectivity index (χ2n) is 12.3. The van der Waals surface area contributed by atoms with Gasteiger partial charge in [-0.3, -0.25) is 9.59 Å². The summed E-state index contributed by atoms with van der Waals surface area (Å²) < 4.78 is 5.49. The van der Waals surface area contributed by atoms with E-state index in [9.17, 15) is 14.4 Å². The van der Waals surface area contributed by atoms with Crippen molar-refractivity contribution in [1.82, 2.24) is 15.5 Å². The summed E-state index contributed by atoms with van der Waals surface area (Å²) >= 11 is 0. The van der Waals surface area contributed by atoms with E-state index >= 15 is 0 Å². The second kappa shape index (κ2) is 12.5. The Hall–Kier alpha value is -3.35. The maximum atomic E-state index is 14.3. The van der Waals surface area contributed by atoms with Crippen molar-refractivity contribution >= 4 is 17.9 Å². The highest BCUT2D eigenvalue weighted by Gasteiger charge is 2.39. The van der Waals surface area contributed by atoms with Crippen LogP contribution in [-0.2, 0) is 20.7 Å². The Labute approximate surface area is 228 Å². The molecule has 2 rings (SSSR count). The van der Waals surface area contributed by atoms with E-state index in [4.69, 9.17) is 4.74 Å². The van der Waals surface area contributed by atoms with Gasteiger partial charge < -0.3 is 20.3 Å². The smallest absolute Gasteiger partial charge is 0.408 e. The van der Waals surface area contributed by atoms with Crippen molar-refractivity contribution in [2.45, 2.75) is 105 Å². The summed E-state index contributed by atoms with van der Waals surface area (Å²) in [5.41, 5.74) is 2.37. The molecule has 2 unspecified atom stereocenters. The van der Waals surface area contributed by atoms with Crippen LogP contribution in [0.2, 0.25) is 0 Å². The van der Waals surface area contributed by atoms with Gasteiger partial charge in [-0.2, -0.15) is 0 Å². The fourth-order valence-electron chi connectivity index (χ4n) is 4.40. The highest BCUT2D eigenvalue weighted by molar-refractivity contribution is 5.92. The minimum absolute atomic E-state index is 0.253. The number of carbonyl (C=O) groups excluding carboxylic acids is 3. The number of ether oxygens (including phenoxy) is 1. The molecule has 3 amide bonds. The Morgan fingerprint density at radius 1 is 0.895 bits per heavy atom. The number of aryl methyl sites for hydroxylation is 2. The van der Waals surface area contributed by atoms with Gasteiger partial charge in [-0.1, -0.05) is 59.7 Å². The quantitative estimate of drug-likeness (QED) is 0.469. The summed E-state index contributed by atoms with van der Waals surface area (Å²) in [6, 6.07) is 13.2. The fraction of sp³-hybridized carbons (Fsp3) is 0.516. The molecule has 2 atom stereocenters. The molecule has 0 bridgehead atoms. The summed E-state index contributed by atoms with van der Waals surface area (Å²) in [5.74, 6) is -0.636. The third kappa shape index (κ3) is 9.51. The van der Waals surface area contributed by atoms with E-state index in [1.165, 1.54) is 0 Å². The largest absolute Gasteiger partial charge is 0.444 e. The topological polar surface area (TPSA) is 87.7 Å². The van der Waals surface area contributed by atoms with E-state index in [1.54, 1.807) is 25.7 Å². The Morgan fingerprint density at radius 3 is 1.92 bits per heavy atom. The lowest BCUT2D eigenvalue weighted by molar-refractivity contribution is -0.145. The first kappa shape index (κ1) is 30.9. The third-order valence-corrected chi connectivity index (χ3v) is 5.67. The molecule has 38 heavy (non-hydrogen) atoms. The molecule has 2 aromatic rings.